The van der Waals surface area contributed by atoms with Crippen molar-refractivity contribution in [2.45, 2.75) is 6.42 Å². The lowest BCUT2D eigenvalue weighted by Gasteiger charge is -2.05. The molecule has 1 heterocycles. The van der Waals surface area contributed by atoms with Gasteiger partial charge in [0, 0.05) is 12.3 Å². The SMILES string of the molecule is COc1cc(F)cc(Cc2ccc(N)nc2)c1. The first kappa shape index (κ1) is 11.4. The van der Waals surface area contributed by atoms with Crippen LogP contribution < -0.4 is 10.5 Å². The van der Waals surface area contributed by atoms with Crippen molar-refractivity contribution < 1.29 is 9.13 Å². The van der Waals surface area contributed by atoms with Crippen molar-refractivity contribution >= 4 is 5.82 Å². The zero-order valence-electron chi connectivity index (χ0n) is 9.48. The fourth-order valence-corrected chi connectivity index (χ4v) is 1.62. The maximum atomic E-state index is 13.3. The van der Waals surface area contributed by atoms with Gasteiger partial charge in [-0.05, 0) is 35.7 Å². The number of rotatable bonds is 3. The van der Waals surface area contributed by atoms with Crippen LogP contribution in [-0.2, 0) is 6.42 Å². The third-order valence-electron chi connectivity index (χ3n) is 2.42. The van der Waals surface area contributed by atoms with E-state index in [1.54, 1.807) is 18.3 Å². The van der Waals surface area contributed by atoms with E-state index in [1.807, 2.05) is 6.07 Å². The Morgan fingerprint density at radius 2 is 2.06 bits per heavy atom. The predicted molar refractivity (Wildman–Crippen MR) is 64.4 cm³/mol. The maximum absolute atomic E-state index is 13.3. The Morgan fingerprint density at radius 3 is 2.71 bits per heavy atom. The van der Waals surface area contributed by atoms with E-state index in [9.17, 15) is 4.39 Å². The molecule has 88 valence electrons. The van der Waals surface area contributed by atoms with E-state index in [2.05, 4.69) is 4.98 Å². The highest BCUT2D eigenvalue weighted by molar-refractivity contribution is 5.35. The summed E-state index contributed by atoms with van der Waals surface area (Å²) in [5, 5.41) is 0. The molecule has 0 bridgehead atoms. The van der Waals surface area contributed by atoms with Crippen LogP contribution >= 0.6 is 0 Å². The molecule has 0 fully saturated rings. The van der Waals surface area contributed by atoms with Gasteiger partial charge in [-0.3, -0.25) is 0 Å². The monoisotopic (exact) mass is 232 g/mol. The van der Waals surface area contributed by atoms with Crippen LogP contribution in [0.25, 0.3) is 0 Å². The van der Waals surface area contributed by atoms with Gasteiger partial charge in [0.25, 0.3) is 0 Å². The summed E-state index contributed by atoms with van der Waals surface area (Å²) in [5.41, 5.74) is 7.32. The normalized spacial score (nSPS) is 10.2. The minimum absolute atomic E-state index is 0.303. The van der Waals surface area contributed by atoms with Crippen LogP contribution in [0.4, 0.5) is 10.2 Å². The van der Waals surface area contributed by atoms with Crippen LogP contribution in [-0.4, -0.2) is 12.1 Å². The van der Waals surface area contributed by atoms with Crippen molar-refractivity contribution in [1.82, 2.24) is 4.98 Å². The molecule has 0 amide bonds. The first-order valence-corrected chi connectivity index (χ1v) is 5.21. The molecule has 1 aromatic heterocycles. The standard InChI is InChI=1S/C13H13FN2O/c1-17-12-6-10(5-11(14)7-12)4-9-2-3-13(15)16-8-9/h2-3,5-8H,4H2,1H3,(H2,15,16). The fourth-order valence-electron chi connectivity index (χ4n) is 1.62. The molecule has 0 spiro atoms. The van der Waals surface area contributed by atoms with Crippen molar-refractivity contribution in [1.29, 1.82) is 0 Å². The van der Waals surface area contributed by atoms with Crippen molar-refractivity contribution in [3.05, 3.63) is 53.5 Å². The van der Waals surface area contributed by atoms with Gasteiger partial charge in [0.2, 0.25) is 0 Å². The second-order valence-corrected chi connectivity index (χ2v) is 3.77. The lowest BCUT2D eigenvalue weighted by molar-refractivity contribution is 0.410. The first-order chi connectivity index (χ1) is 8.17. The molecule has 4 heteroatoms. The molecule has 0 atom stereocenters. The number of halogens is 1. The quantitative estimate of drug-likeness (QED) is 0.884. The molecule has 0 saturated heterocycles. The Labute approximate surface area is 99.1 Å². The topological polar surface area (TPSA) is 48.1 Å². The van der Waals surface area contributed by atoms with E-state index >= 15 is 0 Å². The number of nitrogens with two attached hydrogens (primary N) is 1. The number of hydrogen-bond donors (Lipinski definition) is 1. The molecular formula is C13H13FN2O. The number of ether oxygens (including phenoxy) is 1. The van der Waals surface area contributed by atoms with Gasteiger partial charge in [0.15, 0.2) is 0 Å². The zero-order chi connectivity index (χ0) is 12.3. The van der Waals surface area contributed by atoms with Crippen LogP contribution in [0.5, 0.6) is 5.75 Å². The van der Waals surface area contributed by atoms with Gasteiger partial charge in [0.1, 0.15) is 17.4 Å². The third-order valence-corrected chi connectivity index (χ3v) is 2.42. The average Bonchev–Trinajstić information content (AvgIpc) is 2.31. The number of benzene rings is 1. The van der Waals surface area contributed by atoms with E-state index < -0.39 is 0 Å². The second-order valence-electron chi connectivity index (χ2n) is 3.77. The van der Waals surface area contributed by atoms with Crippen molar-refractivity contribution in [2.24, 2.45) is 0 Å². The van der Waals surface area contributed by atoms with Crippen molar-refractivity contribution in [3.63, 3.8) is 0 Å². The van der Waals surface area contributed by atoms with E-state index in [1.165, 1.54) is 19.2 Å². The highest BCUT2D eigenvalue weighted by atomic mass is 19.1. The van der Waals surface area contributed by atoms with Gasteiger partial charge >= 0.3 is 0 Å². The minimum Gasteiger partial charge on any atom is -0.497 e. The molecule has 0 radical (unpaired) electrons. The number of hydrogen-bond acceptors (Lipinski definition) is 3. The Hall–Kier alpha value is -2.10. The number of nitrogens with zero attached hydrogens (tertiary/aromatic N) is 1. The Morgan fingerprint density at radius 1 is 1.24 bits per heavy atom. The molecule has 2 N–H and O–H groups in total. The third kappa shape index (κ3) is 2.93. The Bertz CT molecular complexity index is 511. The second kappa shape index (κ2) is 4.82. The van der Waals surface area contributed by atoms with Crippen molar-refractivity contribution in [3.8, 4) is 5.75 Å². The summed E-state index contributed by atoms with van der Waals surface area (Å²) in [6, 6.07) is 8.24. The number of methoxy groups -OCH3 is 1. The average molecular weight is 232 g/mol. The molecule has 3 nitrogen and oxygen atoms in total. The molecule has 0 aliphatic carbocycles. The summed E-state index contributed by atoms with van der Waals surface area (Å²) in [7, 11) is 1.52. The predicted octanol–water partition coefficient (Wildman–Crippen LogP) is 2.40. The van der Waals surface area contributed by atoms with Gasteiger partial charge in [-0.25, -0.2) is 9.37 Å². The van der Waals surface area contributed by atoms with E-state index in [-0.39, 0.29) is 5.82 Å². The maximum Gasteiger partial charge on any atom is 0.127 e. The van der Waals surface area contributed by atoms with Gasteiger partial charge in [-0.1, -0.05) is 6.07 Å². The van der Waals surface area contributed by atoms with Crippen LogP contribution in [0.1, 0.15) is 11.1 Å². The van der Waals surface area contributed by atoms with E-state index in [0.717, 1.165) is 11.1 Å². The Balaban J connectivity index is 2.23. The molecular weight excluding hydrogens is 219 g/mol. The highest BCUT2D eigenvalue weighted by Crippen LogP contribution is 2.18. The highest BCUT2D eigenvalue weighted by Gasteiger charge is 2.02. The molecule has 1 aromatic carbocycles. The lowest BCUT2D eigenvalue weighted by atomic mass is 10.1. The lowest BCUT2D eigenvalue weighted by Crippen LogP contribution is -1.94. The van der Waals surface area contributed by atoms with Crippen molar-refractivity contribution in [2.75, 3.05) is 12.8 Å². The summed E-state index contributed by atoms with van der Waals surface area (Å²) in [5.74, 6) is 0.691. The number of pyridine rings is 1. The first-order valence-electron chi connectivity index (χ1n) is 5.21. The number of aromatic nitrogens is 1. The number of nitrogen functional groups attached to an aromatic ring is 1. The van der Waals surface area contributed by atoms with Crippen LogP contribution in [0.3, 0.4) is 0 Å². The molecule has 17 heavy (non-hydrogen) atoms. The summed E-state index contributed by atoms with van der Waals surface area (Å²) >= 11 is 0. The summed E-state index contributed by atoms with van der Waals surface area (Å²) < 4.78 is 18.3. The van der Waals surface area contributed by atoms with Gasteiger partial charge in [-0.2, -0.15) is 0 Å². The van der Waals surface area contributed by atoms with E-state index in [4.69, 9.17) is 10.5 Å². The van der Waals surface area contributed by atoms with Crippen LogP contribution in [0, 0.1) is 5.82 Å². The molecule has 2 rings (SSSR count). The minimum atomic E-state index is -0.303. The Kier molecular flexibility index (Phi) is 3.23. The van der Waals surface area contributed by atoms with E-state index in [0.29, 0.717) is 18.0 Å². The van der Waals surface area contributed by atoms with Crippen LogP contribution in [0.15, 0.2) is 36.5 Å². The molecule has 0 saturated carbocycles. The molecule has 0 aliphatic rings. The largest absolute Gasteiger partial charge is 0.497 e. The smallest absolute Gasteiger partial charge is 0.127 e. The molecule has 0 unspecified atom stereocenters. The molecule has 2 aromatic rings. The van der Waals surface area contributed by atoms with Gasteiger partial charge < -0.3 is 10.5 Å². The summed E-state index contributed by atoms with van der Waals surface area (Å²) in [4.78, 5) is 3.99. The molecule has 0 aliphatic heterocycles. The fraction of sp³-hybridized carbons (Fsp3) is 0.154. The zero-order valence-corrected chi connectivity index (χ0v) is 9.48. The summed E-state index contributed by atoms with van der Waals surface area (Å²) in [6.07, 6.45) is 2.29. The summed E-state index contributed by atoms with van der Waals surface area (Å²) in [6.45, 7) is 0. The number of anilines is 1. The van der Waals surface area contributed by atoms with Crippen LogP contribution in [0.2, 0.25) is 0 Å². The van der Waals surface area contributed by atoms with Gasteiger partial charge in [-0.15, -0.1) is 0 Å². The van der Waals surface area contributed by atoms with Gasteiger partial charge in [0.05, 0.1) is 7.11 Å².